The smallest absolute Gasteiger partial charge is 0.338 e. The highest BCUT2D eigenvalue weighted by atomic mass is 32.2. The molecular formula is C18H27N3O6S. The summed E-state index contributed by atoms with van der Waals surface area (Å²) in [6, 6.07) is 5.25. The van der Waals surface area contributed by atoms with Crippen LogP contribution in [0.25, 0.3) is 0 Å². The van der Waals surface area contributed by atoms with E-state index in [2.05, 4.69) is 15.4 Å². The van der Waals surface area contributed by atoms with Crippen molar-refractivity contribution in [2.24, 2.45) is 0 Å². The van der Waals surface area contributed by atoms with Gasteiger partial charge in [-0.15, -0.1) is 0 Å². The molecule has 0 unspecified atom stereocenters. The molecule has 10 heteroatoms. The maximum atomic E-state index is 12.3. The summed E-state index contributed by atoms with van der Waals surface area (Å²) in [5, 5.41) is 4.92. The molecule has 0 heterocycles. The summed E-state index contributed by atoms with van der Waals surface area (Å²) in [5.74, 6) is -1.86. The van der Waals surface area contributed by atoms with Gasteiger partial charge >= 0.3 is 5.97 Å². The van der Waals surface area contributed by atoms with Gasteiger partial charge in [-0.1, -0.05) is 6.07 Å². The second-order valence-electron chi connectivity index (χ2n) is 7.46. The first-order valence-corrected chi connectivity index (χ1v) is 10.2. The van der Waals surface area contributed by atoms with Crippen molar-refractivity contribution < 1.29 is 27.5 Å². The van der Waals surface area contributed by atoms with E-state index in [0.717, 1.165) is 0 Å². The molecule has 0 radical (unpaired) electrons. The lowest BCUT2D eigenvalue weighted by Crippen LogP contribution is -2.41. The standard InChI is InChI=1S/C18H27N3O6S/c1-12(2)20-15(22)10-19-16(23)11-27-17(24)13-7-6-8-14(9-13)28(25,26)21-18(3,4)5/h6-9,12,21H,10-11H2,1-5H3,(H,19,23)(H,20,22). The number of hydrogen-bond acceptors (Lipinski definition) is 6. The zero-order valence-electron chi connectivity index (χ0n) is 16.7. The molecule has 0 bridgehead atoms. The molecule has 0 aromatic heterocycles. The molecule has 9 nitrogen and oxygen atoms in total. The molecule has 3 N–H and O–H groups in total. The molecule has 0 saturated heterocycles. The van der Waals surface area contributed by atoms with Crippen LogP contribution in [0, 0.1) is 0 Å². The molecule has 0 fully saturated rings. The molecule has 0 aliphatic carbocycles. The van der Waals surface area contributed by atoms with Gasteiger partial charge in [0.15, 0.2) is 6.61 Å². The number of ether oxygens (including phenoxy) is 1. The Morgan fingerprint density at radius 1 is 1.11 bits per heavy atom. The largest absolute Gasteiger partial charge is 0.452 e. The molecule has 0 atom stereocenters. The number of benzene rings is 1. The number of hydrogen-bond donors (Lipinski definition) is 3. The Morgan fingerprint density at radius 2 is 1.75 bits per heavy atom. The van der Waals surface area contributed by atoms with E-state index < -0.39 is 34.0 Å². The third-order valence-electron chi connectivity index (χ3n) is 3.05. The van der Waals surface area contributed by atoms with Gasteiger partial charge in [0.25, 0.3) is 5.91 Å². The van der Waals surface area contributed by atoms with Crippen LogP contribution in [0.2, 0.25) is 0 Å². The van der Waals surface area contributed by atoms with E-state index in [1.54, 1.807) is 34.6 Å². The van der Waals surface area contributed by atoms with Crippen LogP contribution >= 0.6 is 0 Å². The topological polar surface area (TPSA) is 131 Å². The van der Waals surface area contributed by atoms with Gasteiger partial charge in [0.05, 0.1) is 17.0 Å². The van der Waals surface area contributed by atoms with E-state index in [1.165, 1.54) is 24.3 Å². The summed E-state index contributed by atoms with van der Waals surface area (Å²) in [5.41, 5.74) is -0.697. The first kappa shape index (κ1) is 23.6. The van der Waals surface area contributed by atoms with Crippen LogP contribution in [-0.2, 0) is 24.3 Å². The van der Waals surface area contributed by atoms with E-state index >= 15 is 0 Å². The van der Waals surface area contributed by atoms with Gasteiger partial charge < -0.3 is 15.4 Å². The molecular weight excluding hydrogens is 386 g/mol. The summed E-state index contributed by atoms with van der Waals surface area (Å²) in [6.45, 7) is 7.83. The second-order valence-corrected chi connectivity index (χ2v) is 9.14. The van der Waals surface area contributed by atoms with Crippen LogP contribution in [0.15, 0.2) is 29.2 Å². The fraction of sp³-hybridized carbons (Fsp3) is 0.500. The zero-order chi connectivity index (χ0) is 21.5. The van der Waals surface area contributed by atoms with Crippen molar-refractivity contribution in [2.75, 3.05) is 13.2 Å². The molecule has 1 rings (SSSR count). The first-order valence-electron chi connectivity index (χ1n) is 8.67. The van der Waals surface area contributed by atoms with Crippen LogP contribution in [0.4, 0.5) is 0 Å². The normalized spacial score (nSPS) is 11.8. The highest BCUT2D eigenvalue weighted by molar-refractivity contribution is 7.89. The minimum absolute atomic E-state index is 0.0119. The van der Waals surface area contributed by atoms with Gasteiger partial charge in [-0.25, -0.2) is 17.9 Å². The lowest BCUT2D eigenvalue weighted by atomic mass is 10.1. The number of amides is 2. The monoisotopic (exact) mass is 413 g/mol. The van der Waals surface area contributed by atoms with Gasteiger partial charge in [-0.05, 0) is 52.8 Å². The molecule has 0 aliphatic rings. The predicted octanol–water partition coefficient (Wildman–Crippen LogP) is 0.561. The van der Waals surface area contributed by atoms with Crippen LogP contribution in [0.5, 0.6) is 0 Å². The Kier molecular flexibility index (Phi) is 8.13. The molecule has 2 amide bonds. The van der Waals surface area contributed by atoms with Crippen molar-refractivity contribution in [1.82, 2.24) is 15.4 Å². The van der Waals surface area contributed by atoms with Crippen molar-refractivity contribution in [3.63, 3.8) is 0 Å². The van der Waals surface area contributed by atoms with E-state index in [0.29, 0.717) is 0 Å². The number of carbonyl (C=O) groups excluding carboxylic acids is 3. The van der Waals surface area contributed by atoms with Crippen molar-refractivity contribution in [1.29, 1.82) is 0 Å². The van der Waals surface area contributed by atoms with E-state index in [1.807, 2.05) is 0 Å². The summed E-state index contributed by atoms with van der Waals surface area (Å²) in [4.78, 5) is 35.1. The molecule has 28 heavy (non-hydrogen) atoms. The molecule has 0 saturated carbocycles. The lowest BCUT2D eigenvalue weighted by molar-refractivity contribution is -0.128. The molecule has 0 aliphatic heterocycles. The van der Waals surface area contributed by atoms with Crippen molar-refractivity contribution >= 4 is 27.8 Å². The number of carbonyl (C=O) groups is 3. The van der Waals surface area contributed by atoms with Crippen LogP contribution in [0.1, 0.15) is 45.0 Å². The fourth-order valence-corrected chi connectivity index (χ4v) is 3.53. The van der Waals surface area contributed by atoms with Crippen molar-refractivity contribution in [2.45, 2.75) is 51.1 Å². The molecule has 156 valence electrons. The highest BCUT2D eigenvalue weighted by Gasteiger charge is 2.23. The van der Waals surface area contributed by atoms with Crippen LogP contribution in [-0.4, -0.2) is 50.9 Å². The Hall–Kier alpha value is -2.46. The maximum Gasteiger partial charge on any atom is 0.338 e. The Labute approximate surface area is 165 Å². The summed E-state index contributed by atoms with van der Waals surface area (Å²) in [7, 11) is -3.81. The van der Waals surface area contributed by atoms with E-state index in [-0.39, 0.29) is 29.0 Å². The Bertz CT molecular complexity index is 828. The maximum absolute atomic E-state index is 12.3. The van der Waals surface area contributed by atoms with E-state index in [9.17, 15) is 22.8 Å². The summed E-state index contributed by atoms with van der Waals surface area (Å²) >= 11 is 0. The quantitative estimate of drug-likeness (QED) is 0.534. The Morgan fingerprint density at radius 3 is 2.32 bits per heavy atom. The molecule has 1 aromatic carbocycles. The summed E-state index contributed by atoms with van der Waals surface area (Å²) < 4.78 is 32.1. The third kappa shape index (κ3) is 8.49. The highest BCUT2D eigenvalue weighted by Crippen LogP contribution is 2.15. The first-order chi connectivity index (χ1) is 12.8. The van der Waals surface area contributed by atoms with Crippen LogP contribution < -0.4 is 15.4 Å². The minimum atomic E-state index is -3.81. The predicted molar refractivity (Wildman–Crippen MR) is 103 cm³/mol. The lowest BCUT2D eigenvalue weighted by Gasteiger charge is -2.20. The number of rotatable bonds is 8. The molecule has 0 spiro atoms. The van der Waals surface area contributed by atoms with E-state index in [4.69, 9.17) is 4.74 Å². The van der Waals surface area contributed by atoms with Gasteiger partial charge in [0, 0.05) is 11.6 Å². The SMILES string of the molecule is CC(C)NC(=O)CNC(=O)COC(=O)c1cccc(S(=O)(=O)NC(C)(C)C)c1. The molecule has 1 aromatic rings. The second kappa shape index (κ2) is 9.65. The fourth-order valence-electron chi connectivity index (χ4n) is 2.07. The average molecular weight is 413 g/mol. The number of sulfonamides is 1. The van der Waals surface area contributed by atoms with Gasteiger partial charge in [0.2, 0.25) is 15.9 Å². The average Bonchev–Trinajstić information content (AvgIpc) is 2.55. The third-order valence-corrected chi connectivity index (χ3v) is 4.81. The van der Waals surface area contributed by atoms with Gasteiger partial charge in [-0.2, -0.15) is 0 Å². The summed E-state index contributed by atoms with van der Waals surface area (Å²) in [6.07, 6.45) is 0. The van der Waals surface area contributed by atoms with Gasteiger partial charge in [0.1, 0.15) is 0 Å². The van der Waals surface area contributed by atoms with Crippen LogP contribution in [0.3, 0.4) is 0 Å². The van der Waals surface area contributed by atoms with Gasteiger partial charge in [-0.3, -0.25) is 9.59 Å². The Balaban J connectivity index is 2.66. The minimum Gasteiger partial charge on any atom is -0.452 e. The number of esters is 1. The van der Waals surface area contributed by atoms with Crippen molar-refractivity contribution in [3.8, 4) is 0 Å². The number of nitrogens with one attached hydrogen (secondary N) is 3. The zero-order valence-corrected chi connectivity index (χ0v) is 17.5. The van der Waals surface area contributed by atoms with Crippen molar-refractivity contribution in [3.05, 3.63) is 29.8 Å².